The van der Waals surface area contributed by atoms with Crippen LogP contribution in [0, 0.1) is 0 Å². The number of fused-ring (bicyclic) bond motifs is 1. The van der Waals surface area contributed by atoms with Crippen molar-refractivity contribution >= 4 is 40.5 Å². The zero-order valence-corrected chi connectivity index (χ0v) is 22.0. The van der Waals surface area contributed by atoms with Gasteiger partial charge in [0.15, 0.2) is 0 Å². The Bertz CT molecular complexity index is 1310. The molecule has 0 unspecified atom stereocenters. The third-order valence-corrected chi connectivity index (χ3v) is 7.22. The second-order valence-electron chi connectivity index (χ2n) is 8.84. The number of anilines is 2. The van der Waals surface area contributed by atoms with Crippen LogP contribution in [0.25, 0.3) is 11.3 Å². The Balaban J connectivity index is 1.77. The molecule has 0 fully saturated rings. The number of methoxy groups -OCH3 is 2. The van der Waals surface area contributed by atoms with Crippen molar-refractivity contribution in [2.75, 3.05) is 38.5 Å². The summed E-state index contributed by atoms with van der Waals surface area (Å²) in [7, 11) is 6.84. The number of hydrogen-bond acceptors (Lipinski definition) is 6. The zero-order valence-electron chi connectivity index (χ0n) is 20.5. The molecule has 1 heterocycles. The summed E-state index contributed by atoms with van der Waals surface area (Å²) in [6, 6.07) is 7.36. The number of H-pyrrole nitrogens is 1. The monoisotopic (exact) mass is 530 g/mol. The molecule has 190 valence electrons. The molecule has 1 amide bonds. The number of carbonyl (C=O) groups is 1. The normalized spacial score (nSPS) is 16.8. The lowest BCUT2D eigenvalue weighted by atomic mass is 9.77. The second-order valence-corrected chi connectivity index (χ2v) is 9.60. The van der Waals surface area contributed by atoms with Crippen LogP contribution in [0.3, 0.4) is 0 Å². The summed E-state index contributed by atoms with van der Waals surface area (Å²) < 4.78 is 10.8. The lowest BCUT2D eigenvalue weighted by molar-refractivity contribution is -0.111. The Hall–Kier alpha value is -3.20. The van der Waals surface area contributed by atoms with Gasteiger partial charge in [0, 0.05) is 54.7 Å². The fourth-order valence-corrected chi connectivity index (χ4v) is 5.42. The maximum atomic E-state index is 12.1. The van der Waals surface area contributed by atoms with Crippen molar-refractivity contribution in [2.24, 2.45) is 0 Å². The maximum Gasteiger partial charge on any atom is 0.247 e. The summed E-state index contributed by atoms with van der Waals surface area (Å²) in [5.41, 5.74) is 3.70. The summed E-state index contributed by atoms with van der Waals surface area (Å²) in [5, 5.41) is 22.8. The number of halogens is 2. The molecule has 0 bridgehead atoms. The molecule has 36 heavy (non-hydrogen) atoms. The number of ether oxygens (including phenoxy) is 2. The highest BCUT2D eigenvalue weighted by Crippen LogP contribution is 2.50. The number of rotatable bonds is 7. The second kappa shape index (κ2) is 10.0. The van der Waals surface area contributed by atoms with Gasteiger partial charge in [-0.15, -0.1) is 0 Å². The molecule has 0 saturated carbocycles. The van der Waals surface area contributed by atoms with Crippen LogP contribution in [0.5, 0.6) is 11.5 Å². The van der Waals surface area contributed by atoms with Gasteiger partial charge in [-0.3, -0.25) is 9.89 Å². The first kappa shape index (κ1) is 25.9. The molecule has 1 aromatic heterocycles. The Labute approximate surface area is 219 Å². The molecule has 0 spiro atoms. The van der Waals surface area contributed by atoms with E-state index in [0.29, 0.717) is 41.3 Å². The van der Waals surface area contributed by atoms with Crippen molar-refractivity contribution < 1.29 is 19.4 Å². The van der Waals surface area contributed by atoms with Gasteiger partial charge >= 0.3 is 0 Å². The SMILES string of the molecule is C=CC(=O)Nc1cc(N(C)C)ccc1-c1n[nH]c2c1CC[C@@](O)(c1c(Cl)c(OC)cc(OC)c1Cl)C2. The predicted molar refractivity (Wildman–Crippen MR) is 143 cm³/mol. The molecule has 0 saturated heterocycles. The summed E-state index contributed by atoms with van der Waals surface area (Å²) >= 11 is 13.2. The van der Waals surface area contributed by atoms with Crippen LogP contribution < -0.4 is 19.7 Å². The molecule has 4 rings (SSSR count). The Kier molecular flexibility index (Phi) is 7.22. The van der Waals surface area contributed by atoms with Crippen LogP contribution in [-0.4, -0.2) is 49.5 Å². The van der Waals surface area contributed by atoms with E-state index in [-0.39, 0.29) is 22.4 Å². The number of benzene rings is 2. The predicted octanol–water partition coefficient (Wildman–Crippen LogP) is 4.97. The average molecular weight is 531 g/mol. The van der Waals surface area contributed by atoms with Crippen molar-refractivity contribution in [2.45, 2.75) is 24.9 Å². The lowest BCUT2D eigenvalue weighted by Gasteiger charge is -2.34. The molecular formula is C26H28Cl2N4O4. The van der Waals surface area contributed by atoms with E-state index >= 15 is 0 Å². The maximum absolute atomic E-state index is 12.1. The van der Waals surface area contributed by atoms with Crippen LogP contribution in [0.1, 0.15) is 23.2 Å². The third-order valence-electron chi connectivity index (χ3n) is 6.47. The van der Waals surface area contributed by atoms with Crippen molar-refractivity contribution in [3.05, 3.63) is 63.8 Å². The van der Waals surface area contributed by atoms with Gasteiger partial charge in [-0.1, -0.05) is 29.8 Å². The van der Waals surface area contributed by atoms with E-state index in [1.54, 1.807) is 6.07 Å². The number of aliphatic hydroxyl groups is 1. The number of aromatic amines is 1. The molecule has 0 radical (unpaired) electrons. The largest absolute Gasteiger partial charge is 0.495 e. The lowest BCUT2D eigenvalue weighted by Crippen LogP contribution is -2.34. The van der Waals surface area contributed by atoms with Crippen molar-refractivity contribution in [3.8, 4) is 22.8 Å². The minimum atomic E-state index is -1.37. The van der Waals surface area contributed by atoms with Gasteiger partial charge in [-0.25, -0.2) is 0 Å². The topological polar surface area (TPSA) is 99.7 Å². The summed E-state index contributed by atoms with van der Waals surface area (Å²) in [5.74, 6) is 0.407. The van der Waals surface area contributed by atoms with E-state index < -0.39 is 5.60 Å². The highest BCUT2D eigenvalue weighted by atomic mass is 35.5. The smallest absolute Gasteiger partial charge is 0.247 e. The average Bonchev–Trinajstić information content (AvgIpc) is 3.26. The number of carbonyl (C=O) groups excluding carboxylic acids is 1. The number of hydrogen-bond donors (Lipinski definition) is 3. The third kappa shape index (κ3) is 4.52. The summed E-state index contributed by atoms with van der Waals surface area (Å²) in [4.78, 5) is 14.1. The Morgan fingerprint density at radius 1 is 1.22 bits per heavy atom. The standard InChI is InChI=1S/C26H28Cl2N4O4/c1-6-21(33)29-17-11-14(32(2)3)7-8-15(17)25-16-9-10-26(34,13-18(16)30-31-25)22-23(27)19(35-4)12-20(36-5)24(22)28/h6-8,11-12,34H,1,9-10,13H2,2-5H3,(H,29,33)(H,30,31)/t26-/m0/s1. The Morgan fingerprint density at radius 3 is 2.47 bits per heavy atom. The molecule has 0 aliphatic heterocycles. The van der Waals surface area contributed by atoms with Crippen molar-refractivity contribution in [1.29, 1.82) is 0 Å². The van der Waals surface area contributed by atoms with E-state index in [2.05, 4.69) is 22.1 Å². The van der Waals surface area contributed by atoms with Crippen LogP contribution in [-0.2, 0) is 23.2 Å². The van der Waals surface area contributed by atoms with Crippen LogP contribution >= 0.6 is 23.2 Å². The molecular weight excluding hydrogens is 503 g/mol. The molecule has 1 aliphatic carbocycles. The fraction of sp³-hybridized carbons (Fsp3) is 0.308. The minimum Gasteiger partial charge on any atom is -0.495 e. The van der Waals surface area contributed by atoms with Gasteiger partial charge in [0.25, 0.3) is 0 Å². The molecule has 8 nitrogen and oxygen atoms in total. The molecule has 3 N–H and O–H groups in total. The van der Waals surface area contributed by atoms with Gasteiger partial charge < -0.3 is 24.8 Å². The number of amides is 1. The first-order chi connectivity index (χ1) is 17.1. The van der Waals surface area contributed by atoms with Crippen molar-refractivity contribution in [1.82, 2.24) is 10.2 Å². The zero-order chi connectivity index (χ0) is 26.2. The summed E-state index contributed by atoms with van der Waals surface area (Å²) in [6.07, 6.45) is 2.26. The van der Waals surface area contributed by atoms with Crippen molar-refractivity contribution in [3.63, 3.8) is 0 Å². The number of nitrogens with zero attached hydrogens (tertiary/aromatic N) is 2. The van der Waals surface area contributed by atoms with E-state index in [4.69, 9.17) is 32.7 Å². The van der Waals surface area contributed by atoms with Gasteiger partial charge in [0.2, 0.25) is 5.91 Å². The van der Waals surface area contributed by atoms with E-state index in [1.165, 1.54) is 20.3 Å². The molecule has 1 aliphatic rings. The molecule has 10 heteroatoms. The summed E-state index contributed by atoms with van der Waals surface area (Å²) in [6.45, 7) is 3.55. The number of aromatic nitrogens is 2. The first-order valence-corrected chi connectivity index (χ1v) is 12.0. The van der Waals surface area contributed by atoms with Crippen LogP contribution in [0.4, 0.5) is 11.4 Å². The van der Waals surface area contributed by atoms with E-state index in [0.717, 1.165) is 22.5 Å². The minimum absolute atomic E-state index is 0.204. The molecule has 1 atom stereocenters. The molecule has 2 aromatic carbocycles. The first-order valence-electron chi connectivity index (χ1n) is 11.3. The highest BCUT2D eigenvalue weighted by Gasteiger charge is 2.41. The Morgan fingerprint density at radius 2 is 1.89 bits per heavy atom. The van der Waals surface area contributed by atoms with Crippen LogP contribution in [0.2, 0.25) is 10.0 Å². The quantitative estimate of drug-likeness (QED) is 0.373. The van der Waals surface area contributed by atoms with Gasteiger partial charge in [-0.05, 0) is 37.1 Å². The van der Waals surface area contributed by atoms with E-state index in [1.807, 2.05) is 37.2 Å². The highest BCUT2D eigenvalue weighted by molar-refractivity contribution is 6.38. The van der Waals surface area contributed by atoms with Gasteiger partial charge in [0.05, 0.1) is 41.2 Å². The van der Waals surface area contributed by atoms with E-state index in [9.17, 15) is 9.90 Å². The van der Waals surface area contributed by atoms with Gasteiger partial charge in [-0.2, -0.15) is 5.10 Å². The molecule has 3 aromatic rings. The number of nitrogens with one attached hydrogen (secondary N) is 2. The van der Waals surface area contributed by atoms with Gasteiger partial charge in [0.1, 0.15) is 11.5 Å². The fourth-order valence-electron chi connectivity index (χ4n) is 4.56. The van der Waals surface area contributed by atoms with Crippen LogP contribution in [0.15, 0.2) is 36.9 Å².